The van der Waals surface area contributed by atoms with E-state index in [0.717, 1.165) is 11.6 Å². The molecule has 3 aromatic rings. The van der Waals surface area contributed by atoms with E-state index in [9.17, 15) is 23.1 Å². The zero-order valence-electron chi connectivity index (χ0n) is 21.5. The van der Waals surface area contributed by atoms with Crippen molar-refractivity contribution in [2.24, 2.45) is 5.92 Å². The van der Waals surface area contributed by atoms with Crippen LogP contribution in [0, 0.1) is 5.92 Å². The van der Waals surface area contributed by atoms with Crippen molar-refractivity contribution in [3.63, 3.8) is 0 Å². The highest BCUT2D eigenvalue weighted by Gasteiger charge is 2.36. The van der Waals surface area contributed by atoms with Gasteiger partial charge in [-0.25, -0.2) is 0 Å². The van der Waals surface area contributed by atoms with Crippen LogP contribution in [-0.4, -0.2) is 43.3 Å². The second-order valence-corrected chi connectivity index (χ2v) is 9.75. The van der Waals surface area contributed by atoms with Crippen molar-refractivity contribution in [2.75, 3.05) is 27.3 Å². The minimum atomic E-state index is -4.66. The predicted molar refractivity (Wildman–Crippen MR) is 141 cm³/mol. The average Bonchev–Trinajstić information content (AvgIpc) is 2.92. The average molecular weight is 564 g/mol. The van der Waals surface area contributed by atoms with Gasteiger partial charge in [0, 0.05) is 6.54 Å². The third-order valence-corrected chi connectivity index (χ3v) is 7.13. The summed E-state index contributed by atoms with van der Waals surface area (Å²) in [5.41, 5.74) is 0.856. The Morgan fingerprint density at radius 3 is 2.31 bits per heavy atom. The van der Waals surface area contributed by atoms with E-state index < -0.39 is 34.7 Å². The van der Waals surface area contributed by atoms with Gasteiger partial charge < -0.3 is 19.3 Å². The number of halogens is 4. The molecule has 0 spiro atoms. The van der Waals surface area contributed by atoms with E-state index in [1.165, 1.54) is 26.4 Å². The van der Waals surface area contributed by atoms with Gasteiger partial charge in [-0.2, -0.15) is 13.2 Å². The number of carboxylic acids is 1. The number of ether oxygens (including phenoxy) is 3. The summed E-state index contributed by atoms with van der Waals surface area (Å²) in [6.07, 6.45) is -3.58. The van der Waals surface area contributed by atoms with E-state index in [0.29, 0.717) is 47.8 Å². The lowest BCUT2D eigenvalue weighted by Gasteiger charge is -2.38. The zero-order chi connectivity index (χ0) is 28.2. The summed E-state index contributed by atoms with van der Waals surface area (Å²) in [4.78, 5) is 13.7. The molecule has 2 atom stereocenters. The van der Waals surface area contributed by atoms with Crippen LogP contribution in [0.1, 0.15) is 41.1 Å². The Labute approximate surface area is 229 Å². The normalized spacial score (nSPS) is 16.9. The minimum absolute atomic E-state index is 0.168. The maximum absolute atomic E-state index is 13.8. The molecule has 0 aliphatic carbocycles. The van der Waals surface area contributed by atoms with Crippen LogP contribution in [0.3, 0.4) is 0 Å². The van der Waals surface area contributed by atoms with E-state index in [-0.39, 0.29) is 13.2 Å². The van der Waals surface area contributed by atoms with Gasteiger partial charge in [-0.1, -0.05) is 48.0 Å². The van der Waals surface area contributed by atoms with Crippen molar-refractivity contribution in [1.29, 1.82) is 0 Å². The number of nitrogens with zero attached hydrogens (tertiary/aromatic N) is 1. The number of carbonyl (C=O) groups is 1. The van der Waals surface area contributed by atoms with Crippen molar-refractivity contribution in [1.82, 2.24) is 4.90 Å². The molecule has 0 radical (unpaired) electrons. The Bertz CT molecular complexity index is 1280. The molecule has 0 saturated carbocycles. The second kappa shape index (κ2) is 12.2. The fourth-order valence-electron chi connectivity index (χ4n) is 4.92. The summed E-state index contributed by atoms with van der Waals surface area (Å²) in [6, 6.07) is 16.0. The van der Waals surface area contributed by atoms with Crippen LogP contribution in [0.5, 0.6) is 17.2 Å². The highest BCUT2D eigenvalue weighted by Crippen LogP contribution is 2.45. The first-order valence-corrected chi connectivity index (χ1v) is 12.8. The summed E-state index contributed by atoms with van der Waals surface area (Å²) >= 11 is 5.92. The Morgan fingerprint density at radius 2 is 1.72 bits per heavy atom. The number of piperidine rings is 1. The smallest absolute Gasteiger partial charge is 0.417 e. The van der Waals surface area contributed by atoms with Crippen molar-refractivity contribution in [3.05, 3.63) is 87.9 Å². The fourth-order valence-corrected chi connectivity index (χ4v) is 5.14. The van der Waals surface area contributed by atoms with Gasteiger partial charge >= 0.3 is 12.1 Å². The van der Waals surface area contributed by atoms with Gasteiger partial charge in [0.2, 0.25) is 5.75 Å². The highest BCUT2D eigenvalue weighted by molar-refractivity contribution is 6.31. The van der Waals surface area contributed by atoms with Gasteiger partial charge in [0.25, 0.3) is 0 Å². The quantitative estimate of drug-likeness (QED) is 0.307. The third-order valence-electron chi connectivity index (χ3n) is 6.80. The molecule has 1 aliphatic rings. The number of carboxylic acid groups (broad SMARTS) is 1. The Kier molecular flexibility index (Phi) is 8.92. The van der Waals surface area contributed by atoms with Crippen molar-refractivity contribution in [2.45, 2.75) is 31.7 Å². The SMILES string of the molecule is COc1cc(C(c2ccc(Cl)c(C(F)(F)F)c2)N2CCCC(C(=O)O)C2)cc(OC)c1OCc1ccccc1. The molecule has 0 aromatic heterocycles. The van der Waals surface area contributed by atoms with E-state index in [1.54, 1.807) is 12.1 Å². The molecule has 0 amide bonds. The number of likely N-dealkylation sites (tertiary alicyclic amines) is 1. The summed E-state index contributed by atoms with van der Waals surface area (Å²) in [5.74, 6) is -0.567. The maximum Gasteiger partial charge on any atom is 0.417 e. The zero-order valence-corrected chi connectivity index (χ0v) is 22.3. The number of methoxy groups -OCH3 is 2. The predicted octanol–water partition coefficient (Wildman–Crippen LogP) is 6.84. The van der Waals surface area contributed by atoms with Gasteiger partial charge in [0.05, 0.1) is 36.8 Å². The molecule has 0 bridgehead atoms. The molecule has 1 N–H and O–H groups in total. The number of hydrogen-bond donors (Lipinski definition) is 1. The lowest BCUT2D eigenvalue weighted by Crippen LogP contribution is -2.41. The first-order chi connectivity index (χ1) is 18.6. The molecule has 10 heteroatoms. The van der Waals surface area contributed by atoms with E-state index in [4.69, 9.17) is 25.8 Å². The Balaban J connectivity index is 1.81. The van der Waals surface area contributed by atoms with Gasteiger partial charge in [-0.05, 0) is 60.3 Å². The number of rotatable bonds is 9. The molecule has 6 nitrogen and oxygen atoms in total. The van der Waals surface area contributed by atoms with Crippen LogP contribution < -0.4 is 14.2 Å². The minimum Gasteiger partial charge on any atom is -0.493 e. The van der Waals surface area contributed by atoms with Crippen LogP contribution in [-0.2, 0) is 17.6 Å². The van der Waals surface area contributed by atoms with Crippen LogP contribution in [0.4, 0.5) is 13.2 Å². The third kappa shape index (κ3) is 6.59. The second-order valence-electron chi connectivity index (χ2n) is 9.34. The van der Waals surface area contributed by atoms with Crippen LogP contribution >= 0.6 is 11.6 Å². The summed E-state index contributed by atoms with van der Waals surface area (Å²) in [5, 5.41) is 9.26. The topological polar surface area (TPSA) is 68.2 Å². The van der Waals surface area contributed by atoms with Gasteiger partial charge in [0.15, 0.2) is 11.5 Å². The molecule has 208 valence electrons. The lowest BCUT2D eigenvalue weighted by atomic mass is 9.90. The first-order valence-electron chi connectivity index (χ1n) is 12.4. The molecular weight excluding hydrogens is 535 g/mol. The molecule has 3 aromatic carbocycles. The fraction of sp³-hybridized carbons (Fsp3) is 0.345. The van der Waals surface area contributed by atoms with Crippen molar-refractivity contribution >= 4 is 17.6 Å². The molecule has 2 unspecified atom stereocenters. The molecule has 1 saturated heterocycles. The number of alkyl halides is 3. The van der Waals surface area contributed by atoms with E-state index in [2.05, 4.69) is 0 Å². The van der Waals surface area contributed by atoms with Crippen LogP contribution in [0.15, 0.2) is 60.7 Å². The molecule has 1 heterocycles. The van der Waals surface area contributed by atoms with Gasteiger partial charge in [0.1, 0.15) is 6.61 Å². The van der Waals surface area contributed by atoms with Crippen molar-refractivity contribution in [3.8, 4) is 17.2 Å². The summed E-state index contributed by atoms with van der Waals surface area (Å²) in [7, 11) is 2.93. The largest absolute Gasteiger partial charge is 0.493 e. The Morgan fingerprint density at radius 1 is 1.05 bits per heavy atom. The number of aliphatic carboxylic acids is 1. The molecular formula is C29H29ClF3NO5. The Hall–Kier alpha value is -3.43. The number of hydrogen-bond acceptors (Lipinski definition) is 5. The van der Waals surface area contributed by atoms with Crippen molar-refractivity contribution < 1.29 is 37.3 Å². The van der Waals surface area contributed by atoms with Gasteiger partial charge in [-0.3, -0.25) is 9.69 Å². The lowest BCUT2D eigenvalue weighted by molar-refractivity contribution is -0.143. The molecule has 39 heavy (non-hydrogen) atoms. The van der Waals surface area contributed by atoms with Crippen LogP contribution in [0.2, 0.25) is 5.02 Å². The van der Waals surface area contributed by atoms with E-state index in [1.807, 2.05) is 35.2 Å². The highest BCUT2D eigenvalue weighted by atomic mass is 35.5. The monoisotopic (exact) mass is 563 g/mol. The first kappa shape index (κ1) is 28.6. The standard InChI is InChI=1S/C29H29ClF3NO5/c1-37-24-14-21(15-25(38-2)27(24)39-17-18-7-4-3-5-8-18)26(34-12-6-9-20(16-34)28(35)36)19-10-11-23(30)22(13-19)29(31,32)33/h3-5,7-8,10-11,13-15,20,26H,6,9,12,16-17H2,1-2H3,(H,35,36). The molecule has 1 fully saturated rings. The molecule has 4 rings (SSSR count). The number of benzene rings is 3. The van der Waals surface area contributed by atoms with E-state index >= 15 is 0 Å². The summed E-state index contributed by atoms with van der Waals surface area (Å²) < 4.78 is 58.7. The maximum atomic E-state index is 13.8. The van der Waals surface area contributed by atoms with Gasteiger partial charge in [-0.15, -0.1) is 0 Å². The summed E-state index contributed by atoms with van der Waals surface area (Å²) in [6.45, 7) is 0.908. The molecule has 1 aliphatic heterocycles. The van der Waals surface area contributed by atoms with Crippen LogP contribution in [0.25, 0.3) is 0 Å².